The maximum absolute atomic E-state index is 12.5. The second-order valence-electron chi connectivity index (χ2n) is 6.30. The zero-order valence-corrected chi connectivity index (χ0v) is 16.3. The molecule has 29 heavy (non-hydrogen) atoms. The monoisotopic (exact) mass is 390 g/mol. The van der Waals surface area contributed by atoms with E-state index in [9.17, 15) is 9.59 Å². The molecule has 2 amide bonds. The van der Waals surface area contributed by atoms with Crippen molar-refractivity contribution in [3.05, 3.63) is 83.9 Å². The lowest BCUT2D eigenvalue weighted by atomic mass is 10.1. The van der Waals surface area contributed by atoms with Crippen LogP contribution in [-0.4, -0.2) is 26.0 Å². The fourth-order valence-corrected chi connectivity index (χ4v) is 2.87. The van der Waals surface area contributed by atoms with Crippen molar-refractivity contribution in [3.63, 3.8) is 0 Å². The van der Waals surface area contributed by atoms with E-state index in [1.165, 1.54) is 0 Å². The largest absolute Gasteiger partial charge is 0.497 e. The first kappa shape index (κ1) is 19.9. The van der Waals surface area contributed by atoms with E-state index in [0.29, 0.717) is 28.4 Å². The summed E-state index contributed by atoms with van der Waals surface area (Å²) in [6, 6.07) is 21.3. The SMILES string of the molecule is COc1ccc(OC)c(CC(=O)Nc2cccc(NC(=O)c3ccccc3)c2)c1. The van der Waals surface area contributed by atoms with E-state index in [0.717, 1.165) is 5.56 Å². The molecule has 0 radical (unpaired) electrons. The average molecular weight is 390 g/mol. The topological polar surface area (TPSA) is 76.7 Å². The smallest absolute Gasteiger partial charge is 0.255 e. The fraction of sp³-hybridized carbons (Fsp3) is 0.130. The van der Waals surface area contributed by atoms with E-state index in [2.05, 4.69) is 10.6 Å². The van der Waals surface area contributed by atoms with Gasteiger partial charge in [-0.2, -0.15) is 0 Å². The predicted octanol–water partition coefficient (Wildman–Crippen LogP) is 4.14. The number of hydrogen-bond donors (Lipinski definition) is 2. The van der Waals surface area contributed by atoms with Crippen LogP contribution in [0.15, 0.2) is 72.8 Å². The summed E-state index contributed by atoms with van der Waals surface area (Å²) in [4.78, 5) is 24.8. The minimum atomic E-state index is -0.213. The number of amides is 2. The van der Waals surface area contributed by atoms with Gasteiger partial charge in [0.2, 0.25) is 5.91 Å². The van der Waals surface area contributed by atoms with Crippen LogP contribution in [0.2, 0.25) is 0 Å². The van der Waals surface area contributed by atoms with E-state index in [4.69, 9.17) is 9.47 Å². The number of carbonyl (C=O) groups is 2. The zero-order chi connectivity index (χ0) is 20.6. The van der Waals surface area contributed by atoms with Gasteiger partial charge in [-0.1, -0.05) is 24.3 Å². The third-order valence-electron chi connectivity index (χ3n) is 4.28. The molecule has 0 unspecified atom stereocenters. The number of rotatable bonds is 7. The van der Waals surface area contributed by atoms with Gasteiger partial charge in [0, 0.05) is 22.5 Å². The summed E-state index contributed by atoms with van der Waals surface area (Å²) in [5, 5.41) is 5.67. The van der Waals surface area contributed by atoms with E-state index < -0.39 is 0 Å². The number of carbonyl (C=O) groups excluding carboxylic acids is 2. The van der Waals surface area contributed by atoms with E-state index in [-0.39, 0.29) is 18.2 Å². The van der Waals surface area contributed by atoms with Gasteiger partial charge in [-0.3, -0.25) is 9.59 Å². The quantitative estimate of drug-likeness (QED) is 0.636. The number of anilines is 2. The molecule has 6 heteroatoms. The van der Waals surface area contributed by atoms with E-state index in [1.807, 2.05) is 6.07 Å². The molecule has 0 bridgehead atoms. The van der Waals surface area contributed by atoms with Crippen LogP contribution in [0.4, 0.5) is 11.4 Å². The molecule has 0 fully saturated rings. The Morgan fingerprint density at radius 3 is 2.21 bits per heavy atom. The van der Waals surface area contributed by atoms with Gasteiger partial charge in [-0.25, -0.2) is 0 Å². The van der Waals surface area contributed by atoms with Crippen LogP contribution in [0, 0.1) is 0 Å². The minimum absolute atomic E-state index is 0.126. The van der Waals surface area contributed by atoms with Gasteiger partial charge >= 0.3 is 0 Å². The van der Waals surface area contributed by atoms with Crippen molar-refractivity contribution >= 4 is 23.2 Å². The lowest BCUT2D eigenvalue weighted by Gasteiger charge is -2.12. The van der Waals surface area contributed by atoms with Crippen molar-refractivity contribution in [1.29, 1.82) is 0 Å². The van der Waals surface area contributed by atoms with Gasteiger partial charge in [0.25, 0.3) is 5.91 Å². The summed E-state index contributed by atoms with van der Waals surface area (Å²) in [6.07, 6.45) is 0.126. The van der Waals surface area contributed by atoms with Crippen molar-refractivity contribution in [2.45, 2.75) is 6.42 Å². The first-order chi connectivity index (χ1) is 14.1. The number of nitrogens with one attached hydrogen (secondary N) is 2. The molecule has 3 aromatic carbocycles. The molecule has 0 aliphatic carbocycles. The van der Waals surface area contributed by atoms with Crippen LogP contribution < -0.4 is 20.1 Å². The van der Waals surface area contributed by atoms with Crippen molar-refractivity contribution in [2.75, 3.05) is 24.9 Å². The average Bonchev–Trinajstić information content (AvgIpc) is 2.74. The highest BCUT2D eigenvalue weighted by atomic mass is 16.5. The molecule has 148 valence electrons. The highest BCUT2D eigenvalue weighted by Crippen LogP contribution is 2.25. The van der Waals surface area contributed by atoms with Crippen LogP contribution in [0.1, 0.15) is 15.9 Å². The van der Waals surface area contributed by atoms with E-state index in [1.54, 1.807) is 80.9 Å². The second kappa shape index (κ2) is 9.41. The Hall–Kier alpha value is -3.80. The summed E-state index contributed by atoms with van der Waals surface area (Å²) in [5.41, 5.74) is 2.46. The Morgan fingerprint density at radius 2 is 1.52 bits per heavy atom. The standard InChI is InChI=1S/C23H22N2O4/c1-28-20-11-12-21(29-2)17(13-20)14-22(26)24-18-9-6-10-19(15-18)25-23(27)16-7-4-3-5-8-16/h3-13,15H,14H2,1-2H3,(H,24,26)(H,25,27). The predicted molar refractivity (Wildman–Crippen MR) is 113 cm³/mol. The first-order valence-corrected chi connectivity index (χ1v) is 9.06. The molecule has 0 saturated carbocycles. The van der Waals surface area contributed by atoms with Gasteiger partial charge in [0.1, 0.15) is 11.5 Å². The summed E-state index contributed by atoms with van der Waals surface area (Å²) < 4.78 is 10.5. The lowest BCUT2D eigenvalue weighted by Crippen LogP contribution is -2.16. The summed E-state index contributed by atoms with van der Waals surface area (Å²) in [6.45, 7) is 0. The van der Waals surface area contributed by atoms with Gasteiger partial charge in [0.15, 0.2) is 0 Å². The van der Waals surface area contributed by atoms with Crippen molar-refractivity contribution < 1.29 is 19.1 Å². The molecule has 0 aromatic heterocycles. The van der Waals surface area contributed by atoms with Crippen LogP contribution in [-0.2, 0) is 11.2 Å². The molecule has 0 saturated heterocycles. The Bertz CT molecular complexity index is 1000. The first-order valence-electron chi connectivity index (χ1n) is 9.06. The van der Waals surface area contributed by atoms with Crippen molar-refractivity contribution in [1.82, 2.24) is 0 Å². The summed E-state index contributed by atoms with van der Waals surface area (Å²) in [7, 11) is 3.13. The number of ether oxygens (including phenoxy) is 2. The normalized spacial score (nSPS) is 10.1. The van der Waals surface area contributed by atoms with Gasteiger partial charge in [-0.05, 0) is 48.5 Å². The molecular weight excluding hydrogens is 368 g/mol. The third-order valence-corrected chi connectivity index (χ3v) is 4.28. The van der Waals surface area contributed by atoms with Crippen LogP contribution in [0.5, 0.6) is 11.5 Å². The van der Waals surface area contributed by atoms with Crippen LogP contribution >= 0.6 is 0 Å². The third kappa shape index (κ3) is 5.35. The number of hydrogen-bond acceptors (Lipinski definition) is 4. The Balaban J connectivity index is 1.67. The van der Waals surface area contributed by atoms with Crippen LogP contribution in [0.25, 0.3) is 0 Å². The maximum atomic E-state index is 12.5. The summed E-state index contributed by atoms with van der Waals surface area (Å²) in [5.74, 6) is 0.849. The molecule has 2 N–H and O–H groups in total. The fourth-order valence-electron chi connectivity index (χ4n) is 2.87. The zero-order valence-electron chi connectivity index (χ0n) is 16.3. The molecule has 0 aliphatic heterocycles. The molecule has 3 rings (SSSR count). The number of methoxy groups -OCH3 is 2. The molecule has 0 aliphatic rings. The van der Waals surface area contributed by atoms with Crippen molar-refractivity contribution in [2.24, 2.45) is 0 Å². The Morgan fingerprint density at radius 1 is 0.793 bits per heavy atom. The molecule has 3 aromatic rings. The molecule has 0 heterocycles. The molecule has 0 atom stereocenters. The molecule has 0 spiro atoms. The van der Waals surface area contributed by atoms with E-state index >= 15 is 0 Å². The Kier molecular flexibility index (Phi) is 6.47. The Labute approximate surface area is 169 Å². The van der Waals surface area contributed by atoms with Gasteiger partial charge < -0.3 is 20.1 Å². The highest BCUT2D eigenvalue weighted by Gasteiger charge is 2.11. The minimum Gasteiger partial charge on any atom is -0.497 e. The maximum Gasteiger partial charge on any atom is 0.255 e. The second-order valence-corrected chi connectivity index (χ2v) is 6.30. The van der Waals surface area contributed by atoms with Crippen LogP contribution in [0.3, 0.4) is 0 Å². The van der Waals surface area contributed by atoms with Crippen molar-refractivity contribution in [3.8, 4) is 11.5 Å². The summed E-state index contributed by atoms with van der Waals surface area (Å²) >= 11 is 0. The van der Waals surface area contributed by atoms with Gasteiger partial charge in [0.05, 0.1) is 20.6 Å². The molecule has 6 nitrogen and oxygen atoms in total. The highest BCUT2D eigenvalue weighted by molar-refractivity contribution is 6.04. The van der Waals surface area contributed by atoms with Gasteiger partial charge in [-0.15, -0.1) is 0 Å². The lowest BCUT2D eigenvalue weighted by molar-refractivity contribution is -0.115. The molecular formula is C23H22N2O4. The number of benzene rings is 3.